The fraction of sp³-hybridized carbons (Fsp3) is 0.188. The molecule has 0 aliphatic carbocycles. The van der Waals surface area contributed by atoms with E-state index in [0.717, 1.165) is 11.5 Å². The van der Waals surface area contributed by atoms with Gasteiger partial charge in [-0.15, -0.1) is 0 Å². The summed E-state index contributed by atoms with van der Waals surface area (Å²) >= 11 is 1.83. The van der Waals surface area contributed by atoms with Crippen molar-refractivity contribution in [2.45, 2.75) is 5.75 Å². The quantitative estimate of drug-likeness (QED) is 0.746. The molecule has 2 aromatic rings. The fourth-order valence-corrected chi connectivity index (χ4v) is 2.43. The molecule has 19 heavy (non-hydrogen) atoms. The summed E-state index contributed by atoms with van der Waals surface area (Å²) in [6.07, 6.45) is 0. The maximum absolute atomic E-state index is 8.93. The number of benzene rings is 2. The Morgan fingerprint density at radius 1 is 1.00 bits per heavy atom. The zero-order valence-corrected chi connectivity index (χ0v) is 11.4. The second kappa shape index (κ2) is 7.50. The molecule has 0 aliphatic heterocycles. The van der Waals surface area contributed by atoms with Gasteiger partial charge in [0, 0.05) is 11.5 Å². The van der Waals surface area contributed by atoms with E-state index in [4.69, 9.17) is 10.00 Å². The van der Waals surface area contributed by atoms with E-state index in [9.17, 15) is 0 Å². The number of nitrogens with zero attached hydrogens (tertiary/aromatic N) is 1. The van der Waals surface area contributed by atoms with Gasteiger partial charge >= 0.3 is 0 Å². The van der Waals surface area contributed by atoms with E-state index in [-0.39, 0.29) is 0 Å². The first-order valence-corrected chi connectivity index (χ1v) is 7.29. The van der Waals surface area contributed by atoms with Crippen molar-refractivity contribution in [3.63, 3.8) is 0 Å². The molecule has 0 aromatic heterocycles. The summed E-state index contributed by atoms with van der Waals surface area (Å²) in [6, 6.07) is 19.8. The second-order valence-electron chi connectivity index (χ2n) is 3.99. The van der Waals surface area contributed by atoms with Crippen LogP contribution in [0.25, 0.3) is 0 Å². The zero-order chi connectivity index (χ0) is 13.3. The topological polar surface area (TPSA) is 33.0 Å². The van der Waals surface area contributed by atoms with Gasteiger partial charge in [-0.25, -0.2) is 0 Å². The maximum Gasteiger partial charge on any atom is 0.137 e. The number of hydrogen-bond donors (Lipinski definition) is 0. The predicted molar refractivity (Wildman–Crippen MR) is 79.3 cm³/mol. The van der Waals surface area contributed by atoms with Gasteiger partial charge in [0.1, 0.15) is 11.8 Å². The molecule has 0 fully saturated rings. The van der Waals surface area contributed by atoms with Crippen molar-refractivity contribution in [1.82, 2.24) is 0 Å². The molecule has 0 radical (unpaired) electrons. The van der Waals surface area contributed by atoms with Gasteiger partial charge in [0.05, 0.1) is 12.2 Å². The zero-order valence-electron chi connectivity index (χ0n) is 10.6. The third-order valence-electron chi connectivity index (χ3n) is 2.60. The number of ether oxygens (including phenoxy) is 1. The minimum absolute atomic E-state index is 0.593. The summed E-state index contributed by atoms with van der Waals surface area (Å²) in [4.78, 5) is 0. The van der Waals surface area contributed by atoms with Gasteiger partial charge in [0.25, 0.3) is 0 Å². The van der Waals surface area contributed by atoms with Crippen molar-refractivity contribution in [3.05, 3.63) is 65.7 Å². The lowest BCUT2D eigenvalue weighted by Crippen LogP contribution is -2.01. The van der Waals surface area contributed by atoms with Crippen LogP contribution >= 0.6 is 11.8 Å². The Hall–Kier alpha value is -1.92. The van der Waals surface area contributed by atoms with Crippen LogP contribution < -0.4 is 4.74 Å². The summed E-state index contributed by atoms with van der Waals surface area (Å²) in [6.45, 7) is 0.621. The van der Waals surface area contributed by atoms with E-state index >= 15 is 0 Å². The summed E-state index contributed by atoms with van der Waals surface area (Å²) in [7, 11) is 0. The van der Waals surface area contributed by atoms with Crippen LogP contribution in [0.5, 0.6) is 5.75 Å². The van der Waals surface area contributed by atoms with Gasteiger partial charge in [0.2, 0.25) is 0 Å². The molecule has 0 atom stereocenters. The molecule has 0 bridgehead atoms. The van der Waals surface area contributed by atoms with Gasteiger partial charge in [-0.3, -0.25) is 0 Å². The minimum atomic E-state index is 0.593. The van der Waals surface area contributed by atoms with E-state index in [1.54, 1.807) is 6.07 Å². The Kier molecular flexibility index (Phi) is 5.33. The molecule has 0 unspecified atom stereocenters. The molecule has 0 amide bonds. The highest BCUT2D eigenvalue weighted by molar-refractivity contribution is 7.98. The number of thioether (sulfide) groups is 1. The van der Waals surface area contributed by atoms with Crippen LogP contribution in [0.15, 0.2) is 54.6 Å². The van der Waals surface area contributed by atoms with Crippen LogP contribution in [0.4, 0.5) is 0 Å². The average Bonchev–Trinajstić information content (AvgIpc) is 2.48. The van der Waals surface area contributed by atoms with Gasteiger partial charge in [0.15, 0.2) is 0 Å². The first-order chi connectivity index (χ1) is 9.40. The first kappa shape index (κ1) is 13.5. The van der Waals surface area contributed by atoms with Crippen molar-refractivity contribution in [2.24, 2.45) is 0 Å². The molecular formula is C16H15NOS. The minimum Gasteiger partial charge on any atom is -0.491 e. The van der Waals surface area contributed by atoms with Gasteiger partial charge in [-0.1, -0.05) is 42.5 Å². The molecule has 0 heterocycles. The van der Waals surface area contributed by atoms with Crippen LogP contribution in [0.3, 0.4) is 0 Å². The van der Waals surface area contributed by atoms with Crippen LogP contribution in [0.1, 0.15) is 11.1 Å². The molecular weight excluding hydrogens is 254 g/mol. The van der Waals surface area contributed by atoms with Crippen molar-refractivity contribution >= 4 is 11.8 Å². The highest BCUT2D eigenvalue weighted by Crippen LogP contribution is 2.17. The summed E-state index contributed by atoms with van der Waals surface area (Å²) in [5.41, 5.74) is 1.92. The Labute approximate surface area is 118 Å². The average molecular weight is 269 g/mol. The van der Waals surface area contributed by atoms with Crippen molar-refractivity contribution in [2.75, 3.05) is 12.4 Å². The molecule has 2 rings (SSSR count). The van der Waals surface area contributed by atoms with E-state index in [1.165, 1.54) is 5.56 Å². The highest BCUT2D eigenvalue weighted by Gasteiger charge is 2.01. The van der Waals surface area contributed by atoms with Crippen LogP contribution in [-0.4, -0.2) is 12.4 Å². The molecule has 0 N–H and O–H groups in total. The molecule has 3 heteroatoms. The SMILES string of the molecule is N#Cc1ccccc1OCCSCc1ccccc1. The summed E-state index contributed by atoms with van der Waals surface area (Å²) < 4.78 is 5.62. The largest absolute Gasteiger partial charge is 0.491 e. The van der Waals surface area contributed by atoms with E-state index in [1.807, 2.05) is 36.0 Å². The fourth-order valence-electron chi connectivity index (χ4n) is 1.66. The first-order valence-electron chi connectivity index (χ1n) is 6.14. The van der Waals surface area contributed by atoms with Gasteiger partial charge in [-0.2, -0.15) is 17.0 Å². The third kappa shape index (κ3) is 4.35. The molecule has 96 valence electrons. The van der Waals surface area contributed by atoms with E-state index in [2.05, 4.69) is 30.3 Å². The number of rotatable bonds is 6. The molecule has 2 nitrogen and oxygen atoms in total. The maximum atomic E-state index is 8.93. The number of hydrogen-bond acceptors (Lipinski definition) is 3. The van der Waals surface area contributed by atoms with Gasteiger partial charge < -0.3 is 4.74 Å². The smallest absolute Gasteiger partial charge is 0.137 e. The normalized spacial score (nSPS) is 9.84. The Morgan fingerprint density at radius 2 is 1.74 bits per heavy atom. The molecule has 0 saturated heterocycles. The van der Waals surface area contributed by atoms with Gasteiger partial charge in [-0.05, 0) is 17.7 Å². The third-order valence-corrected chi connectivity index (χ3v) is 3.60. The lowest BCUT2D eigenvalue weighted by molar-refractivity contribution is 0.343. The van der Waals surface area contributed by atoms with Crippen molar-refractivity contribution < 1.29 is 4.74 Å². The van der Waals surface area contributed by atoms with E-state index in [0.29, 0.717) is 17.9 Å². The predicted octanol–water partition coefficient (Wildman–Crippen LogP) is 3.87. The Bertz CT molecular complexity index is 548. The Morgan fingerprint density at radius 3 is 2.53 bits per heavy atom. The standard InChI is InChI=1S/C16H15NOS/c17-12-15-8-4-5-9-16(15)18-10-11-19-13-14-6-2-1-3-7-14/h1-9H,10-11,13H2. The number of nitriles is 1. The summed E-state index contributed by atoms with van der Waals surface area (Å²) in [5.74, 6) is 2.57. The van der Waals surface area contributed by atoms with E-state index < -0.39 is 0 Å². The second-order valence-corrected chi connectivity index (χ2v) is 5.10. The highest BCUT2D eigenvalue weighted by atomic mass is 32.2. The van der Waals surface area contributed by atoms with Crippen molar-refractivity contribution in [1.29, 1.82) is 5.26 Å². The lowest BCUT2D eigenvalue weighted by atomic mass is 10.2. The lowest BCUT2D eigenvalue weighted by Gasteiger charge is -2.07. The van der Waals surface area contributed by atoms with Crippen molar-refractivity contribution in [3.8, 4) is 11.8 Å². The van der Waals surface area contributed by atoms with Crippen LogP contribution in [-0.2, 0) is 5.75 Å². The molecule has 2 aromatic carbocycles. The summed E-state index contributed by atoms with van der Waals surface area (Å²) in [5, 5.41) is 8.93. The Balaban J connectivity index is 1.71. The number of para-hydroxylation sites is 1. The molecule has 0 saturated carbocycles. The molecule has 0 aliphatic rings. The molecule has 0 spiro atoms. The monoisotopic (exact) mass is 269 g/mol. The van der Waals surface area contributed by atoms with Crippen LogP contribution in [0, 0.1) is 11.3 Å². The van der Waals surface area contributed by atoms with Crippen LogP contribution in [0.2, 0.25) is 0 Å².